The molecule has 0 aliphatic heterocycles. The Labute approximate surface area is 102 Å². The summed E-state index contributed by atoms with van der Waals surface area (Å²) in [5.41, 5.74) is 1.11. The molecule has 1 N–H and O–H groups in total. The molecule has 1 saturated carbocycles. The lowest BCUT2D eigenvalue weighted by atomic mass is 10.2. The number of benzene rings is 1. The third kappa shape index (κ3) is 3.79. The van der Waals surface area contributed by atoms with E-state index < -0.39 is 0 Å². The molecular weight excluding hydrogens is 217 g/mol. The largest absolute Gasteiger partial charge is 0.392 e. The summed E-state index contributed by atoms with van der Waals surface area (Å²) in [6.07, 6.45) is 2.97. The third-order valence-corrected chi connectivity index (χ3v) is 3.28. The molecule has 17 heavy (non-hydrogen) atoms. The first-order valence-electron chi connectivity index (χ1n) is 6.35. The molecule has 0 aromatic heterocycles. The molecule has 94 valence electrons. The van der Waals surface area contributed by atoms with Crippen LogP contribution in [0.15, 0.2) is 24.3 Å². The first-order valence-corrected chi connectivity index (χ1v) is 6.35. The zero-order valence-electron chi connectivity index (χ0n) is 10.3. The van der Waals surface area contributed by atoms with Gasteiger partial charge in [-0.2, -0.15) is 0 Å². The Balaban J connectivity index is 1.95. The Kier molecular flexibility index (Phi) is 4.13. The van der Waals surface area contributed by atoms with E-state index in [1.165, 1.54) is 25.0 Å². The quantitative estimate of drug-likeness (QED) is 0.822. The Morgan fingerprint density at radius 3 is 2.53 bits per heavy atom. The van der Waals surface area contributed by atoms with Crippen LogP contribution in [0.1, 0.15) is 31.7 Å². The molecule has 2 rings (SSSR count). The van der Waals surface area contributed by atoms with Gasteiger partial charge in [-0.05, 0) is 37.0 Å². The van der Waals surface area contributed by atoms with Gasteiger partial charge < -0.3 is 5.11 Å². The van der Waals surface area contributed by atoms with Gasteiger partial charge in [-0.3, -0.25) is 4.90 Å². The van der Waals surface area contributed by atoms with E-state index in [1.54, 1.807) is 0 Å². The Hall–Kier alpha value is -0.930. The van der Waals surface area contributed by atoms with E-state index >= 15 is 0 Å². The summed E-state index contributed by atoms with van der Waals surface area (Å²) >= 11 is 0. The topological polar surface area (TPSA) is 23.5 Å². The molecule has 2 nitrogen and oxygen atoms in total. The molecule has 1 aliphatic rings. The van der Waals surface area contributed by atoms with Gasteiger partial charge in [-0.1, -0.05) is 19.1 Å². The minimum atomic E-state index is -0.254. The van der Waals surface area contributed by atoms with Crippen molar-refractivity contribution in [1.82, 2.24) is 4.90 Å². The van der Waals surface area contributed by atoms with E-state index in [4.69, 9.17) is 0 Å². The first-order chi connectivity index (χ1) is 8.19. The third-order valence-electron chi connectivity index (χ3n) is 3.28. The highest BCUT2D eigenvalue weighted by molar-refractivity contribution is 5.16. The molecule has 3 heteroatoms. The second-order valence-electron chi connectivity index (χ2n) is 4.85. The van der Waals surface area contributed by atoms with E-state index in [-0.39, 0.29) is 11.9 Å². The van der Waals surface area contributed by atoms with E-state index in [9.17, 15) is 9.50 Å². The lowest BCUT2D eigenvalue weighted by molar-refractivity contribution is 0.101. The highest BCUT2D eigenvalue weighted by Crippen LogP contribution is 2.28. The van der Waals surface area contributed by atoms with Crippen molar-refractivity contribution in [3.8, 4) is 0 Å². The van der Waals surface area contributed by atoms with Crippen LogP contribution in [-0.2, 0) is 6.54 Å². The number of halogens is 1. The normalized spacial score (nSPS) is 17.4. The smallest absolute Gasteiger partial charge is 0.123 e. The maximum absolute atomic E-state index is 12.8. The van der Waals surface area contributed by atoms with Gasteiger partial charge in [-0.15, -0.1) is 0 Å². The molecule has 0 saturated heterocycles. The van der Waals surface area contributed by atoms with Crippen LogP contribution in [0.25, 0.3) is 0 Å². The monoisotopic (exact) mass is 237 g/mol. The van der Waals surface area contributed by atoms with Gasteiger partial charge in [0.15, 0.2) is 0 Å². The van der Waals surface area contributed by atoms with E-state index in [0.717, 1.165) is 25.1 Å². The van der Waals surface area contributed by atoms with Crippen molar-refractivity contribution in [2.75, 3.05) is 6.54 Å². The first kappa shape index (κ1) is 12.5. The number of nitrogens with zero attached hydrogens (tertiary/aromatic N) is 1. The lowest BCUT2D eigenvalue weighted by Crippen LogP contribution is -2.33. The van der Waals surface area contributed by atoms with Crippen molar-refractivity contribution < 1.29 is 9.50 Å². The van der Waals surface area contributed by atoms with Crippen LogP contribution in [0.3, 0.4) is 0 Å². The minimum Gasteiger partial charge on any atom is -0.392 e. The Morgan fingerprint density at radius 2 is 2.00 bits per heavy atom. The molecule has 1 unspecified atom stereocenters. The van der Waals surface area contributed by atoms with Crippen LogP contribution < -0.4 is 0 Å². The molecule has 0 amide bonds. The fraction of sp³-hybridized carbons (Fsp3) is 0.571. The van der Waals surface area contributed by atoms with Crippen LogP contribution in [0.2, 0.25) is 0 Å². The second kappa shape index (κ2) is 5.61. The average molecular weight is 237 g/mol. The molecule has 1 atom stereocenters. The molecule has 1 fully saturated rings. The maximum Gasteiger partial charge on any atom is 0.123 e. The number of hydrogen-bond acceptors (Lipinski definition) is 2. The number of aliphatic hydroxyl groups excluding tert-OH is 1. The van der Waals surface area contributed by atoms with E-state index in [1.807, 2.05) is 19.1 Å². The standard InChI is InChI=1S/C14H20FNO/c1-2-14(17)10-16(13-7-8-13)9-11-3-5-12(15)6-4-11/h3-6,13-14,17H,2,7-10H2,1H3. The van der Waals surface area contributed by atoms with Gasteiger partial charge >= 0.3 is 0 Å². The molecular formula is C14H20FNO. The van der Waals surface area contributed by atoms with Gasteiger partial charge in [0.2, 0.25) is 0 Å². The van der Waals surface area contributed by atoms with Gasteiger partial charge in [-0.25, -0.2) is 4.39 Å². The van der Waals surface area contributed by atoms with Gasteiger partial charge in [0, 0.05) is 19.1 Å². The summed E-state index contributed by atoms with van der Waals surface area (Å²) in [5, 5.41) is 9.73. The number of hydrogen-bond donors (Lipinski definition) is 1. The van der Waals surface area contributed by atoms with Gasteiger partial charge in [0.05, 0.1) is 6.10 Å². The van der Waals surface area contributed by atoms with Crippen LogP contribution in [0, 0.1) is 5.82 Å². The molecule has 0 radical (unpaired) electrons. The highest BCUT2D eigenvalue weighted by atomic mass is 19.1. The summed E-state index contributed by atoms with van der Waals surface area (Å²) in [6, 6.07) is 7.25. The molecule has 1 aromatic rings. The molecule has 0 heterocycles. The summed E-state index contributed by atoms with van der Waals surface area (Å²) in [7, 11) is 0. The zero-order valence-corrected chi connectivity index (χ0v) is 10.3. The highest BCUT2D eigenvalue weighted by Gasteiger charge is 2.29. The summed E-state index contributed by atoms with van der Waals surface area (Å²) in [4.78, 5) is 2.31. The van der Waals surface area contributed by atoms with Crippen molar-refractivity contribution >= 4 is 0 Å². The Morgan fingerprint density at radius 1 is 1.35 bits per heavy atom. The van der Waals surface area contributed by atoms with E-state index in [2.05, 4.69) is 4.90 Å². The van der Waals surface area contributed by atoms with Crippen molar-refractivity contribution in [1.29, 1.82) is 0 Å². The number of rotatable bonds is 6. The van der Waals surface area contributed by atoms with Crippen LogP contribution in [-0.4, -0.2) is 28.7 Å². The SMILES string of the molecule is CCC(O)CN(Cc1ccc(F)cc1)C1CC1. The van der Waals surface area contributed by atoms with Crippen LogP contribution in [0.4, 0.5) is 4.39 Å². The van der Waals surface area contributed by atoms with Crippen molar-refractivity contribution in [3.05, 3.63) is 35.6 Å². The van der Waals surface area contributed by atoms with Crippen molar-refractivity contribution in [2.45, 2.75) is 44.9 Å². The molecule has 0 spiro atoms. The van der Waals surface area contributed by atoms with Crippen LogP contribution in [0.5, 0.6) is 0 Å². The van der Waals surface area contributed by atoms with Crippen molar-refractivity contribution in [3.63, 3.8) is 0 Å². The zero-order chi connectivity index (χ0) is 12.3. The minimum absolute atomic E-state index is 0.194. The summed E-state index contributed by atoms with van der Waals surface area (Å²) < 4.78 is 12.8. The lowest BCUT2D eigenvalue weighted by Gasteiger charge is -2.24. The second-order valence-corrected chi connectivity index (χ2v) is 4.85. The van der Waals surface area contributed by atoms with Crippen LogP contribution >= 0.6 is 0 Å². The Bertz CT molecular complexity index is 348. The summed E-state index contributed by atoms with van der Waals surface area (Å²) in [5.74, 6) is -0.194. The predicted molar refractivity (Wildman–Crippen MR) is 66.1 cm³/mol. The molecule has 1 aromatic carbocycles. The van der Waals surface area contributed by atoms with E-state index in [0.29, 0.717) is 6.04 Å². The van der Waals surface area contributed by atoms with Crippen molar-refractivity contribution in [2.24, 2.45) is 0 Å². The van der Waals surface area contributed by atoms with Gasteiger partial charge in [0.25, 0.3) is 0 Å². The number of aliphatic hydroxyl groups is 1. The summed E-state index contributed by atoms with van der Waals surface area (Å²) in [6.45, 7) is 3.52. The molecule has 1 aliphatic carbocycles. The van der Waals surface area contributed by atoms with Gasteiger partial charge in [0.1, 0.15) is 5.82 Å². The fourth-order valence-corrected chi connectivity index (χ4v) is 2.01. The predicted octanol–water partition coefficient (Wildman–Crippen LogP) is 2.56. The fourth-order valence-electron chi connectivity index (χ4n) is 2.01. The average Bonchev–Trinajstić information content (AvgIpc) is 3.15. The maximum atomic E-state index is 12.8. The molecule has 0 bridgehead atoms.